The number of hydrogen-bond donors (Lipinski definition) is 7. The largest absolute Gasteiger partial charge is 0.480 e. The maximum absolute atomic E-state index is 12.4. The number of nitrogens with two attached hydrogens (primary N) is 1. The minimum Gasteiger partial charge on any atom is -0.480 e. The normalized spacial score (nSPS) is 15.5. The maximum Gasteiger partial charge on any atom is 0.326 e. The van der Waals surface area contributed by atoms with Crippen molar-refractivity contribution in [3.63, 3.8) is 0 Å². The zero-order chi connectivity index (χ0) is 25.7. The second-order valence-corrected chi connectivity index (χ2v) is 9.14. The summed E-state index contributed by atoms with van der Waals surface area (Å²) in [4.78, 5) is 60.1. The summed E-state index contributed by atoms with van der Waals surface area (Å²) in [7, 11) is 0. The van der Waals surface area contributed by atoms with Gasteiger partial charge in [-0.1, -0.05) is 13.8 Å². The van der Waals surface area contributed by atoms with Crippen molar-refractivity contribution in [2.75, 3.05) is 18.6 Å². The summed E-state index contributed by atoms with van der Waals surface area (Å²) in [6.07, 6.45) is 1.14. The third-order valence-electron chi connectivity index (χ3n) is 4.54. The van der Waals surface area contributed by atoms with E-state index in [0.29, 0.717) is 12.2 Å². The Morgan fingerprint density at radius 2 is 1.55 bits per heavy atom. The van der Waals surface area contributed by atoms with Gasteiger partial charge in [0.15, 0.2) is 0 Å². The van der Waals surface area contributed by atoms with E-state index >= 15 is 0 Å². The quantitative estimate of drug-likeness (QED) is 0.138. The Hall–Kier alpha value is -2.38. The second-order valence-electron chi connectivity index (χ2n) is 8.15. The Bertz CT molecular complexity index is 690. The molecule has 12 nitrogen and oxygen atoms in total. The van der Waals surface area contributed by atoms with Crippen molar-refractivity contribution in [1.82, 2.24) is 21.3 Å². The van der Waals surface area contributed by atoms with Gasteiger partial charge in [0.05, 0.1) is 18.7 Å². The Kier molecular flexibility index (Phi) is 14.3. The summed E-state index contributed by atoms with van der Waals surface area (Å²) in [5, 5.41) is 28.4. The highest BCUT2D eigenvalue weighted by molar-refractivity contribution is 7.98. The lowest BCUT2D eigenvalue weighted by molar-refractivity contribution is -0.141. The third-order valence-corrected chi connectivity index (χ3v) is 5.19. The van der Waals surface area contributed by atoms with Gasteiger partial charge in [0, 0.05) is 0 Å². The van der Waals surface area contributed by atoms with Gasteiger partial charge >= 0.3 is 5.97 Å². The van der Waals surface area contributed by atoms with E-state index in [1.807, 2.05) is 13.8 Å². The van der Waals surface area contributed by atoms with Crippen LogP contribution in [0.1, 0.15) is 40.5 Å². The molecule has 0 aromatic rings. The van der Waals surface area contributed by atoms with Gasteiger partial charge in [-0.15, -0.1) is 0 Å². The van der Waals surface area contributed by atoms with Crippen molar-refractivity contribution in [1.29, 1.82) is 0 Å². The number of carboxylic acids is 1. The minimum atomic E-state index is -1.40. The molecule has 0 saturated heterocycles. The molecular formula is C20H37N5O7S. The van der Waals surface area contributed by atoms with Crippen LogP contribution in [0.4, 0.5) is 0 Å². The molecule has 0 radical (unpaired) electrons. The van der Waals surface area contributed by atoms with Gasteiger partial charge in [-0.05, 0) is 44.6 Å². The first-order chi connectivity index (χ1) is 15.3. The number of aliphatic hydroxyl groups excluding tert-OH is 1. The van der Waals surface area contributed by atoms with Gasteiger partial charge < -0.3 is 37.2 Å². The molecule has 33 heavy (non-hydrogen) atoms. The average Bonchev–Trinajstić information content (AvgIpc) is 2.71. The van der Waals surface area contributed by atoms with Crippen molar-refractivity contribution >= 4 is 41.4 Å². The van der Waals surface area contributed by atoms with Crippen LogP contribution in [0.3, 0.4) is 0 Å². The molecule has 0 saturated carbocycles. The van der Waals surface area contributed by atoms with Crippen LogP contribution in [0, 0.1) is 5.92 Å². The number of thioether (sulfide) groups is 1. The highest BCUT2D eigenvalue weighted by atomic mass is 32.2. The van der Waals surface area contributed by atoms with Crippen LogP contribution in [0.15, 0.2) is 0 Å². The van der Waals surface area contributed by atoms with Crippen molar-refractivity contribution in [3.05, 3.63) is 0 Å². The summed E-state index contributed by atoms with van der Waals surface area (Å²) < 4.78 is 0. The molecule has 0 rings (SSSR count). The molecule has 5 atom stereocenters. The van der Waals surface area contributed by atoms with E-state index in [-0.39, 0.29) is 12.3 Å². The van der Waals surface area contributed by atoms with Crippen LogP contribution in [-0.4, -0.2) is 88.6 Å². The predicted octanol–water partition coefficient (Wildman–Crippen LogP) is -1.83. The molecular weight excluding hydrogens is 454 g/mol. The van der Waals surface area contributed by atoms with Crippen molar-refractivity contribution in [3.8, 4) is 0 Å². The molecule has 0 bridgehead atoms. The fourth-order valence-corrected chi connectivity index (χ4v) is 3.17. The number of amides is 4. The van der Waals surface area contributed by atoms with Crippen molar-refractivity contribution in [2.45, 2.75) is 70.8 Å². The molecule has 8 N–H and O–H groups in total. The molecule has 0 aromatic carbocycles. The monoisotopic (exact) mass is 491 g/mol. The van der Waals surface area contributed by atoms with E-state index in [4.69, 9.17) is 10.8 Å². The van der Waals surface area contributed by atoms with Crippen LogP contribution in [-0.2, 0) is 24.0 Å². The molecule has 0 fully saturated rings. The number of carbonyl (C=O) groups is 5. The van der Waals surface area contributed by atoms with Crippen LogP contribution < -0.4 is 27.0 Å². The van der Waals surface area contributed by atoms with E-state index in [2.05, 4.69) is 21.3 Å². The van der Waals surface area contributed by atoms with Gasteiger partial charge in [-0.25, -0.2) is 4.79 Å². The number of aliphatic hydroxyl groups is 1. The number of rotatable bonds is 15. The van der Waals surface area contributed by atoms with Gasteiger partial charge in [-0.3, -0.25) is 19.2 Å². The topological polar surface area (TPSA) is 200 Å². The average molecular weight is 492 g/mol. The van der Waals surface area contributed by atoms with Gasteiger partial charge in [0.25, 0.3) is 0 Å². The zero-order valence-electron chi connectivity index (χ0n) is 19.7. The smallest absolute Gasteiger partial charge is 0.326 e. The summed E-state index contributed by atoms with van der Waals surface area (Å²) >= 11 is 1.43. The van der Waals surface area contributed by atoms with Crippen LogP contribution >= 0.6 is 11.8 Å². The first-order valence-electron chi connectivity index (χ1n) is 10.6. The van der Waals surface area contributed by atoms with E-state index in [0.717, 1.165) is 0 Å². The van der Waals surface area contributed by atoms with Crippen LogP contribution in [0.25, 0.3) is 0 Å². The summed E-state index contributed by atoms with van der Waals surface area (Å²) in [5.74, 6) is -3.30. The Morgan fingerprint density at radius 3 is 2.03 bits per heavy atom. The SMILES string of the molecule is CSCCC(NC(=O)CNC(=O)C(NC(=O)C(C)NC(=O)C(N)CC(C)C)C(C)O)C(=O)O. The van der Waals surface area contributed by atoms with E-state index in [9.17, 15) is 29.1 Å². The zero-order valence-corrected chi connectivity index (χ0v) is 20.5. The number of hydrogen-bond acceptors (Lipinski definition) is 8. The number of carbonyl (C=O) groups excluding carboxylic acids is 4. The highest BCUT2D eigenvalue weighted by Gasteiger charge is 2.29. The van der Waals surface area contributed by atoms with Gasteiger partial charge in [-0.2, -0.15) is 11.8 Å². The molecule has 0 aromatic heterocycles. The fraction of sp³-hybridized carbons (Fsp3) is 0.750. The van der Waals surface area contributed by atoms with Gasteiger partial charge in [0.2, 0.25) is 23.6 Å². The first kappa shape index (κ1) is 30.6. The van der Waals surface area contributed by atoms with Crippen LogP contribution in [0.2, 0.25) is 0 Å². The van der Waals surface area contributed by atoms with Crippen molar-refractivity contribution in [2.24, 2.45) is 11.7 Å². The summed E-state index contributed by atoms with van der Waals surface area (Å²) in [5.41, 5.74) is 5.79. The molecule has 5 unspecified atom stereocenters. The lowest BCUT2D eigenvalue weighted by atomic mass is 10.0. The number of aliphatic carboxylic acids is 1. The summed E-state index contributed by atoms with van der Waals surface area (Å²) in [6, 6.07) is -4.32. The third kappa shape index (κ3) is 12.4. The number of carboxylic acid groups (broad SMARTS) is 1. The van der Waals surface area contributed by atoms with E-state index in [1.165, 1.54) is 25.6 Å². The predicted molar refractivity (Wildman–Crippen MR) is 124 cm³/mol. The Morgan fingerprint density at radius 1 is 0.939 bits per heavy atom. The lowest BCUT2D eigenvalue weighted by Crippen LogP contribution is -2.58. The molecule has 0 aliphatic heterocycles. The van der Waals surface area contributed by atoms with E-state index < -0.39 is 66.4 Å². The second kappa shape index (κ2) is 15.5. The number of nitrogens with one attached hydrogen (secondary N) is 4. The molecule has 13 heteroatoms. The Labute approximate surface area is 198 Å². The summed E-state index contributed by atoms with van der Waals surface area (Å²) in [6.45, 7) is 5.94. The standard InChI is InChI=1S/C20H37N5O7S/c1-10(2)8-13(21)18(29)23-11(3)17(28)25-16(12(4)26)19(30)22-9-15(27)24-14(20(31)32)6-7-33-5/h10-14,16,26H,6-9,21H2,1-5H3,(H,22,30)(H,23,29)(H,24,27)(H,25,28)(H,31,32). The molecule has 0 heterocycles. The maximum atomic E-state index is 12.4. The fourth-order valence-electron chi connectivity index (χ4n) is 2.70. The van der Waals surface area contributed by atoms with Crippen LogP contribution in [0.5, 0.6) is 0 Å². The Balaban J connectivity index is 4.83. The van der Waals surface area contributed by atoms with E-state index in [1.54, 1.807) is 6.26 Å². The molecule has 190 valence electrons. The highest BCUT2D eigenvalue weighted by Crippen LogP contribution is 2.03. The molecule has 0 aliphatic rings. The van der Waals surface area contributed by atoms with Gasteiger partial charge in [0.1, 0.15) is 18.1 Å². The molecule has 0 aliphatic carbocycles. The van der Waals surface area contributed by atoms with Crippen molar-refractivity contribution < 1.29 is 34.2 Å². The minimum absolute atomic E-state index is 0.187. The molecule has 0 spiro atoms. The first-order valence-corrected chi connectivity index (χ1v) is 12.0. The lowest BCUT2D eigenvalue weighted by Gasteiger charge is -2.24. The molecule has 4 amide bonds.